The Labute approximate surface area is 195 Å². The Morgan fingerprint density at radius 3 is 2.47 bits per heavy atom. The van der Waals surface area contributed by atoms with Gasteiger partial charge in [-0.05, 0) is 31.0 Å². The molecule has 8 heteroatoms. The zero-order valence-corrected chi connectivity index (χ0v) is 18.3. The van der Waals surface area contributed by atoms with Gasteiger partial charge in [0.05, 0.1) is 28.6 Å². The summed E-state index contributed by atoms with van der Waals surface area (Å²) >= 11 is 0. The summed E-state index contributed by atoms with van der Waals surface area (Å²) in [5, 5.41) is 22.7. The quantitative estimate of drug-likeness (QED) is 0.397. The fourth-order valence-corrected chi connectivity index (χ4v) is 4.66. The highest BCUT2D eigenvalue weighted by Gasteiger charge is 2.34. The van der Waals surface area contributed by atoms with Crippen LogP contribution in [0, 0.1) is 11.3 Å². The van der Waals surface area contributed by atoms with E-state index >= 15 is 0 Å². The molecule has 0 atom stereocenters. The van der Waals surface area contributed by atoms with Crippen molar-refractivity contribution < 1.29 is 13.2 Å². The topological polar surface area (TPSA) is 59.0 Å². The number of hydrogen-bond donors (Lipinski definition) is 1. The third-order valence-corrected chi connectivity index (χ3v) is 6.24. The summed E-state index contributed by atoms with van der Waals surface area (Å²) in [4.78, 5) is 0. The van der Waals surface area contributed by atoms with Gasteiger partial charge in [-0.15, -0.1) is 0 Å². The van der Waals surface area contributed by atoms with Gasteiger partial charge in [-0.25, -0.2) is 5.01 Å². The number of hydrogen-bond acceptors (Lipinski definition) is 4. The van der Waals surface area contributed by atoms with Crippen molar-refractivity contribution in [2.45, 2.75) is 25.6 Å². The molecule has 34 heavy (non-hydrogen) atoms. The Bertz CT molecular complexity index is 1370. The third-order valence-electron chi connectivity index (χ3n) is 6.24. The van der Waals surface area contributed by atoms with E-state index in [2.05, 4.69) is 26.3 Å². The second kappa shape index (κ2) is 8.84. The Morgan fingerprint density at radius 2 is 1.68 bits per heavy atom. The molecule has 1 fully saturated rings. The first-order chi connectivity index (χ1) is 16.5. The predicted octanol–water partition coefficient (Wildman–Crippen LogP) is 6.14. The standard InChI is InChI=1S/C26H22F3N5/c27-26(28,29)23-10-4-3-9-22(23)25-19(16-31-32-25)17-33-13-5-6-14-34(33)24-12-11-18(15-30)20-7-1-2-8-21(20)24/h1-4,7-12,16H,5-6,13-14,17H2,(H,31,32). The molecule has 0 amide bonds. The number of rotatable bonds is 4. The zero-order valence-electron chi connectivity index (χ0n) is 18.3. The van der Waals surface area contributed by atoms with E-state index in [9.17, 15) is 18.4 Å². The maximum absolute atomic E-state index is 13.6. The van der Waals surface area contributed by atoms with E-state index in [0.717, 1.165) is 48.5 Å². The van der Waals surface area contributed by atoms with Crippen LogP contribution < -0.4 is 5.01 Å². The highest BCUT2D eigenvalue weighted by atomic mass is 19.4. The van der Waals surface area contributed by atoms with Crippen molar-refractivity contribution in [1.82, 2.24) is 15.2 Å². The zero-order chi connectivity index (χ0) is 23.7. The van der Waals surface area contributed by atoms with Gasteiger partial charge >= 0.3 is 6.18 Å². The van der Waals surface area contributed by atoms with Gasteiger partial charge in [0.2, 0.25) is 0 Å². The molecule has 1 aliphatic rings. The first-order valence-corrected chi connectivity index (χ1v) is 11.1. The van der Waals surface area contributed by atoms with Crippen molar-refractivity contribution in [2.75, 3.05) is 18.1 Å². The van der Waals surface area contributed by atoms with E-state index in [1.54, 1.807) is 12.3 Å². The van der Waals surface area contributed by atoms with Gasteiger partial charge in [-0.2, -0.15) is 23.5 Å². The van der Waals surface area contributed by atoms with E-state index in [1.165, 1.54) is 12.1 Å². The third kappa shape index (κ3) is 3.99. The van der Waals surface area contributed by atoms with Crippen LogP contribution in [0.3, 0.4) is 0 Å². The minimum absolute atomic E-state index is 0.0682. The molecule has 1 saturated heterocycles. The van der Waals surface area contributed by atoms with Gasteiger partial charge in [0.25, 0.3) is 0 Å². The number of nitriles is 1. The summed E-state index contributed by atoms with van der Waals surface area (Å²) in [5.74, 6) is 0. The molecule has 1 aliphatic heterocycles. The van der Waals surface area contributed by atoms with Crippen LogP contribution in [-0.2, 0) is 12.7 Å². The number of anilines is 1. The minimum atomic E-state index is -4.47. The molecule has 3 aromatic carbocycles. The lowest BCUT2D eigenvalue weighted by atomic mass is 10.0. The molecule has 172 valence electrons. The lowest BCUT2D eigenvalue weighted by Crippen LogP contribution is -2.47. The molecule has 1 aromatic heterocycles. The second-order valence-electron chi connectivity index (χ2n) is 8.31. The second-order valence-corrected chi connectivity index (χ2v) is 8.31. The molecule has 1 N–H and O–H groups in total. The molecule has 5 nitrogen and oxygen atoms in total. The number of H-pyrrole nitrogens is 1. The van der Waals surface area contributed by atoms with Crippen LogP contribution in [0.2, 0.25) is 0 Å². The van der Waals surface area contributed by atoms with Gasteiger partial charge in [0.15, 0.2) is 0 Å². The van der Waals surface area contributed by atoms with Gasteiger partial charge in [0.1, 0.15) is 0 Å². The molecular weight excluding hydrogens is 439 g/mol. The lowest BCUT2D eigenvalue weighted by Gasteiger charge is -2.41. The number of fused-ring (bicyclic) bond motifs is 1. The summed E-state index contributed by atoms with van der Waals surface area (Å²) in [6.45, 7) is 1.95. The van der Waals surface area contributed by atoms with Gasteiger partial charge < -0.3 is 5.01 Å². The van der Waals surface area contributed by atoms with E-state index in [1.807, 2.05) is 36.4 Å². The number of nitrogens with zero attached hydrogens (tertiary/aromatic N) is 4. The Kier molecular flexibility index (Phi) is 5.72. The lowest BCUT2D eigenvalue weighted by molar-refractivity contribution is -0.137. The van der Waals surface area contributed by atoms with Crippen molar-refractivity contribution in [3.8, 4) is 17.3 Å². The summed E-state index contributed by atoms with van der Waals surface area (Å²) in [7, 11) is 0. The first kappa shape index (κ1) is 22.0. The summed E-state index contributed by atoms with van der Waals surface area (Å²) in [6, 6.07) is 19.4. The van der Waals surface area contributed by atoms with Crippen molar-refractivity contribution in [2.24, 2.45) is 0 Å². The average Bonchev–Trinajstić information content (AvgIpc) is 3.31. The highest BCUT2D eigenvalue weighted by molar-refractivity contribution is 5.97. The van der Waals surface area contributed by atoms with E-state index in [4.69, 9.17) is 0 Å². The molecule has 0 aliphatic carbocycles. The highest BCUT2D eigenvalue weighted by Crippen LogP contribution is 2.38. The van der Waals surface area contributed by atoms with Crippen LogP contribution in [0.1, 0.15) is 29.5 Å². The van der Waals surface area contributed by atoms with Crippen molar-refractivity contribution in [3.05, 3.63) is 83.6 Å². The van der Waals surface area contributed by atoms with Gasteiger partial charge in [0, 0.05) is 47.7 Å². The molecule has 2 heterocycles. The van der Waals surface area contributed by atoms with Gasteiger partial charge in [-0.3, -0.25) is 5.10 Å². The largest absolute Gasteiger partial charge is 0.417 e. The number of benzene rings is 3. The van der Waals surface area contributed by atoms with E-state index in [-0.39, 0.29) is 5.56 Å². The summed E-state index contributed by atoms with van der Waals surface area (Å²) < 4.78 is 40.9. The van der Waals surface area contributed by atoms with Crippen molar-refractivity contribution >= 4 is 16.5 Å². The molecule has 0 bridgehead atoms. The number of aromatic nitrogens is 2. The number of nitrogens with one attached hydrogen (secondary N) is 1. The van der Waals surface area contributed by atoms with Crippen LogP contribution >= 0.6 is 0 Å². The van der Waals surface area contributed by atoms with Crippen molar-refractivity contribution in [1.29, 1.82) is 5.26 Å². The fraction of sp³-hybridized carbons (Fsp3) is 0.231. The van der Waals surface area contributed by atoms with E-state index < -0.39 is 11.7 Å². The molecule has 5 rings (SSSR count). The average molecular weight is 461 g/mol. The van der Waals surface area contributed by atoms with Gasteiger partial charge in [-0.1, -0.05) is 42.5 Å². The van der Waals surface area contributed by atoms with Crippen LogP contribution in [-0.4, -0.2) is 28.3 Å². The molecule has 0 saturated carbocycles. The fourth-order valence-electron chi connectivity index (χ4n) is 4.66. The van der Waals surface area contributed by atoms with Crippen LogP contribution in [0.15, 0.2) is 66.9 Å². The normalized spacial score (nSPS) is 14.9. The number of aromatic amines is 1. The summed E-state index contributed by atoms with van der Waals surface area (Å²) in [6.07, 6.45) is -0.811. The predicted molar refractivity (Wildman–Crippen MR) is 125 cm³/mol. The van der Waals surface area contributed by atoms with Crippen LogP contribution in [0.4, 0.5) is 18.9 Å². The van der Waals surface area contributed by atoms with Crippen molar-refractivity contribution in [3.63, 3.8) is 0 Å². The van der Waals surface area contributed by atoms with E-state index in [0.29, 0.717) is 23.4 Å². The Hall–Kier alpha value is -3.83. The minimum Gasteiger partial charge on any atom is -0.305 e. The molecule has 0 radical (unpaired) electrons. The Morgan fingerprint density at radius 1 is 0.941 bits per heavy atom. The molecule has 4 aromatic rings. The first-order valence-electron chi connectivity index (χ1n) is 11.1. The number of halogens is 3. The smallest absolute Gasteiger partial charge is 0.305 e. The number of alkyl halides is 3. The van der Waals surface area contributed by atoms with Crippen LogP contribution in [0.5, 0.6) is 0 Å². The monoisotopic (exact) mass is 461 g/mol. The Balaban J connectivity index is 1.52. The summed E-state index contributed by atoms with van der Waals surface area (Å²) in [5.41, 5.74) is 1.97. The molecule has 0 spiro atoms. The molecular formula is C26H22F3N5. The molecule has 0 unspecified atom stereocenters. The maximum Gasteiger partial charge on any atom is 0.417 e. The SMILES string of the molecule is N#Cc1ccc(N2CCCCN2Cc2c[nH]nc2-c2ccccc2C(F)(F)F)c2ccccc12. The van der Waals surface area contributed by atoms with Crippen LogP contribution in [0.25, 0.3) is 22.0 Å². The number of hydrazine groups is 1. The maximum atomic E-state index is 13.6.